The number of nitrogens with one attached hydrogen (secondary N) is 1. The summed E-state index contributed by atoms with van der Waals surface area (Å²) in [5.41, 5.74) is 2.93. The van der Waals surface area contributed by atoms with Crippen molar-refractivity contribution in [2.75, 3.05) is 32.4 Å². The van der Waals surface area contributed by atoms with Gasteiger partial charge in [0.15, 0.2) is 0 Å². The smallest absolute Gasteiger partial charge is 0.0791 e. The number of hydrogen-bond donors (Lipinski definition) is 2. The Bertz CT molecular complexity index is 488. The lowest BCUT2D eigenvalue weighted by molar-refractivity contribution is 0.119. The van der Waals surface area contributed by atoms with Crippen LogP contribution in [0.1, 0.15) is 42.9 Å². The van der Waals surface area contributed by atoms with E-state index in [1.165, 1.54) is 48.1 Å². The van der Waals surface area contributed by atoms with Gasteiger partial charge >= 0.3 is 0 Å². The Balaban J connectivity index is 1.55. The van der Waals surface area contributed by atoms with Gasteiger partial charge in [0, 0.05) is 24.0 Å². The highest BCUT2D eigenvalue weighted by molar-refractivity contribution is 7.98. The molecular weight excluding hydrogens is 292 g/mol. The van der Waals surface area contributed by atoms with E-state index < -0.39 is 0 Å². The van der Waals surface area contributed by atoms with E-state index in [0.29, 0.717) is 12.6 Å². The molecule has 1 fully saturated rings. The number of thioether (sulfide) groups is 1. The molecule has 2 unspecified atom stereocenters. The second-order valence-corrected chi connectivity index (χ2v) is 7.46. The van der Waals surface area contributed by atoms with E-state index in [4.69, 9.17) is 0 Å². The van der Waals surface area contributed by atoms with E-state index in [-0.39, 0.29) is 6.10 Å². The molecule has 2 atom stereocenters. The molecule has 0 spiro atoms. The van der Waals surface area contributed by atoms with Crippen LogP contribution in [0.15, 0.2) is 23.1 Å². The van der Waals surface area contributed by atoms with Crippen molar-refractivity contribution in [1.82, 2.24) is 10.2 Å². The van der Waals surface area contributed by atoms with Crippen molar-refractivity contribution in [1.29, 1.82) is 0 Å². The molecule has 22 heavy (non-hydrogen) atoms. The first-order chi connectivity index (χ1) is 10.8. The van der Waals surface area contributed by atoms with Crippen LogP contribution in [0, 0.1) is 0 Å². The first kappa shape index (κ1) is 16.3. The largest absolute Gasteiger partial charge is 0.390 e. The molecule has 0 radical (unpaired) electrons. The fourth-order valence-corrected chi connectivity index (χ4v) is 4.20. The number of β-amino-alcohol motifs (C(OH)–C–C–N with tert-alkyl or cyclic N) is 1. The Kier molecular flexibility index (Phi) is 5.80. The van der Waals surface area contributed by atoms with E-state index in [1.54, 1.807) is 0 Å². The zero-order valence-corrected chi connectivity index (χ0v) is 14.4. The summed E-state index contributed by atoms with van der Waals surface area (Å²) in [5.74, 6) is 0. The van der Waals surface area contributed by atoms with Gasteiger partial charge in [0.05, 0.1) is 6.10 Å². The number of aryl methyl sites for hydroxylation is 1. The molecule has 0 aromatic heterocycles. The van der Waals surface area contributed by atoms with Crippen LogP contribution in [0.3, 0.4) is 0 Å². The van der Waals surface area contributed by atoms with Crippen LogP contribution in [0.2, 0.25) is 0 Å². The molecule has 122 valence electrons. The Hall–Kier alpha value is -0.550. The Morgan fingerprint density at radius 2 is 2.14 bits per heavy atom. The summed E-state index contributed by atoms with van der Waals surface area (Å²) in [4.78, 5) is 3.74. The van der Waals surface area contributed by atoms with Gasteiger partial charge in [-0.25, -0.2) is 0 Å². The van der Waals surface area contributed by atoms with Crippen LogP contribution in [-0.4, -0.2) is 48.5 Å². The lowest BCUT2D eigenvalue weighted by Crippen LogP contribution is -2.39. The summed E-state index contributed by atoms with van der Waals surface area (Å²) < 4.78 is 0. The molecule has 2 aliphatic rings. The van der Waals surface area contributed by atoms with Gasteiger partial charge in [-0.3, -0.25) is 0 Å². The van der Waals surface area contributed by atoms with Crippen molar-refractivity contribution in [2.24, 2.45) is 0 Å². The summed E-state index contributed by atoms with van der Waals surface area (Å²) >= 11 is 1.81. The number of benzene rings is 1. The van der Waals surface area contributed by atoms with Gasteiger partial charge in [-0.1, -0.05) is 6.07 Å². The molecule has 1 saturated heterocycles. The Morgan fingerprint density at radius 3 is 2.91 bits per heavy atom. The van der Waals surface area contributed by atoms with Crippen LogP contribution < -0.4 is 5.32 Å². The standard InChI is InChI=1S/C18H28N2OS/c1-22-16-7-8-17-14(11-16)5-4-6-18(17)19-12-15(21)13-20-9-2-3-10-20/h7-8,11,15,18-19,21H,2-6,9-10,12-13H2,1H3. The first-order valence-electron chi connectivity index (χ1n) is 8.57. The van der Waals surface area contributed by atoms with Crippen LogP contribution in [0.5, 0.6) is 0 Å². The quantitative estimate of drug-likeness (QED) is 0.790. The van der Waals surface area contributed by atoms with Gasteiger partial charge in [-0.2, -0.15) is 0 Å². The van der Waals surface area contributed by atoms with Gasteiger partial charge in [0.2, 0.25) is 0 Å². The molecule has 4 heteroatoms. The fourth-order valence-electron chi connectivity index (χ4n) is 3.74. The summed E-state index contributed by atoms with van der Waals surface area (Å²) in [7, 11) is 0. The molecule has 0 bridgehead atoms. The van der Waals surface area contributed by atoms with Gasteiger partial charge in [0.25, 0.3) is 0 Å². The van der Waals surface area contributed by atoms with Gasteiger partial charge < -0.3 is 15.3 Å². The summed E-state index contributed by atoms with van der Waals surface area (Å²) in [6.45, 7) is 3.82. The number of fused-ring (bicyclic) bond motifs is 1. The number of aliphatic hydroxyl groups excluding tert-OH is 1. The van der Waals surface area contributed by atoms with Crippen molar-refractivity contribution in [2.45, 2.75) is 49.1 Å². The molecule has 0 amide bonds. The van der Waals surface area contributed by atoms with Gasteiger partial charge in [-0.15, -0.1) is 11.8 Å². The molecule has 1 heterocycles. The highest BCUT2D eigenvalue weighted by Gasteiger charge is 2.22. The fraction of sp³-hybridized carbons (Fsp3) is 0.667. The minimum absolute atomic E-state index is 0.256. The molecule has 1 aliphatic heterocycles. The SMILES string of the molecule is CSc1ccc2c(c1)CCCC2NCC(O)CN1CCCC1. The maximum atomic E-state index is 10.3. The number of likely N-dealkylation sites (tertiary alicyclic amines) is 1. The average Bonchev–Trinajstić information content (AvgIpc) is 3.05. The number of hydrogen-bond acceptors (Lipinski definition) is 4. The third kappa shape index (κ3) is 4.05. The molecule has 3 rings (SSSR count). The summed E-state index contributed by atoms with van der Waals surface area (Å²) in [6, 6.07) is 7.26. The normalized spacial score (nSPS) is 23.5. The Morgan fingerprint density at radius 1 is 1.32 bits per heavy atom. The van der Waals surface area contributed by atoms with E-state index in [2.05, 4.69) is 34.7 Å². The number of aliphatic hydroxyl groups is 1. The molecule has 1 aromatic carbocycles. The van der Waals surface area contributed by atoms with Gasteiger partial charge in [-0.05, 0) is 74.7 Å². The molecule has 3 nitrogen and oxygen atoms in total. The molecule has 1 aliphatic carbocycles. The van der Waals surface area contributed by atoms with Crippen LogP contribution in [0.25, 0.3) is 0 Å². The number of nitrogens with zero attached hydrogens (tertiary/aromatic N) is 1. The van der Waals surface area contributed by atoms with Crippen LogP contribution in [-0.2, 0) is 6.42 Å². The van der Waals surface area contributed by atoms with E-state index >= 15 is 0 Å². The molecular formula is C18H28N2OS. The minimum Gasteiger partial charge on any atom is -0.390 e. The summed E-state index contributed by atoms with van der Waals surface area (Å²) in [6.07, 6.45) is 8.07. The molecule has 1 aromatic rings. The lowest BCUT2D eigenvalue weighted by atomic mass is 9.87. The third-order valence-corrected chi connectivity index (χ3v) is 5.66. The van der Waals surface area contributed by atoms with Crippen molar-refractivity contribution in [3.8, 4) is 0 Å². The zero-order valence-electron chi connectivity index (χ0n) is 13.6. The predicted octanol–water partition coefficient (Wildman–Crippen LogP) is 2.83. The van der Waals surface area contributed by atoms with E-state index in [0.717, 1.165) is 19.6 Å². The van der Waals surface area contributed by atoms with Gasteiger partial charge in [0.1, 0.15) is 0 Å². The highest BCUT2D eigenvalue weighted by Crippen LogP contribution is 2.32. The minimum atomic E-state index is -0.256. The molecule has 2 N–H and O–H groups in total. The second kappa shape index (κ2) is 7.82. The van der Waals surface area contributed by atoms with Crippen LogP contribution >= 0.6 is 11.8 Å². The van der Waals surface area contributed by atoms with E-state index in [9.17, 15) is 5.11 Å². The monoisotopic (exact) mass is 320 g/mol. The van der Waals surface area contributed by atoms with Crippen molar-refractivity contribution >= 4 is 11.8 Å². The Labute approximate surface area is 138 Å². The average molecular weight is 321 g/mol. The van der Waals surface area contributed by atoms with Crippen molar-refractivity contribution in [3.63, 3.8) is 0 Å². The maximum absolute atomic E-state index is 10.3. The lowest BCUT2D eigenvalue weighted by Gasteiger charge is -2.28. The van der Waals surface area contributed by atoms with Crippen molar-refractivity contribution < 1.29 is 5.11 Å². The summed E-state index contributed by atoms with van der Waals surface area (Å²) in [5, 5.41) is 13.9. The third-order valence-electron chi connectivity index (χ3n) is 4.93. The van der Waals surface area contributed by atoms with E-state index in [1.807, 2.05) is 11.8 Å². The number of rotatable bonds is 6. The van der Waals surface area contributed by atoms with Crippen LogP contribution in [0.4, 0.5) is 0 Å². The first-order valence-corrected chi connectivity index (χ1v) is 9.79. The molecule has 0 saturated carbocycles. The van der Waals surface area contributed by atoms with Crippen molar-refractivity contribution in [3.05, 3.63) is 29.3 Å². The topological polar surface area (TPSA) is 35.5 Å². The zero-order chi connectivity index (χ0) is 15.4. The second-order valence-electron chi connectivity index (χ2n) is 6.58. The maximum Gasteiger partial charge on any atom is 0.0791 e. The predicted molar refractivity (Wildman–Crippen MR) is 93.6 cm³/mol. The highest BCUT2D eigenvalue weighted by atomic mass is 32.2.